The lowest BCUT2D eigenvalue weighted by atomic mass is 10.1. The molecule has 1 unspecified atom stereocenters. The van der Waals surface area contributed by atoms with Gasteiger partial charge in [-0.3, -0.25) is 4.79 Å². The molecule has 2 aromatic rings. The van der Waals surface area contributed by atoms with Crippen LogP contribution >= 0.6 is 11.6 Å². The summed E-state index contributed by atoms with van der Waals surface area (Å²) in [6.45, 7) is 3.88. The van der Waals surface area contributed by atoms with Crippen LogP contribution < -0.4 is 4.90 Å². The number of alkyl halides is 1. The van der Waals surface area contributed by atoms with E-state index in [4.69, 9.17) is 16.0 Å². The maximum absolute atomic E-state index is 12.7. The maximum Gasteiger partial charge on any atom is 0.294 e. The third-order valence-electron chi connectivity index (χ3n) is 3.80. The van der Waals surface area contributed by atoms with Gasteiger partial charge in [-0.15, -0.1) is 11.6 Å². The Morgan fingerprint density at radius 2 is 2.20 bits per heavy atom. The Kier molecular flexibility index (Phi) is 3.30. The van der Waals surface area contributed by atoms with Crippen molar-refractivity contribution in [1.82, 2.24) is 0 Å². The lowest BCUT2D eigenvalue weighted by Gasteiger charge is -2.21. The van der Waals surface area contributed by atoms with Crippen molar-refractivity contribution in [2.45, 2.75) is 32.2 Å². The van der Waals surface area contributed by atoms with Crippen molar-refractivity contribution in [2.75, 3.05) is 4.90 Å². The molecule has 0 radical (unpaired) electrons. The highest BCUT2D eigenvalue weighted by molar-refractivity contribution is 6.17. The number of carbonyl (C=O) groups excluding carboxylic acids is 1. The molecule has 0 spiro atoms. The summed E-state index contributed by atoms with van der Waals surface area (Å²) in [5.41, 5.74) is 3.05. The maximum atomic E-state index is 12.7. The molecular weight excluding hydrogens is 274 g/mol. The fourth-order valence-corrected chi connectivity index (χ4v) is 3.02. The van der Waals surface area contributed by atoms with E-state index < -0.39 is 0 Å². The predicted molar refractivity (Wildman–Crippen MR) is 79.4 cm³/mol. The summed E-state index contributed by atoms with van der Waals surface area (Å²) < 4.78 is 5.57. The molecule has 1 aromatic heterocycles. The third kappa shape index (κ3) is 2.02. The molecule has 0 N–H and O–H groups in total. The van der Waals surface area contributed by atoms with Crippen LogP contribution in [-0.2, 0) is 12.3 Å². The van der Waals surface area contributed by atoms with Crippen molar-refractivity contribution in [2.24, 2.45) is 0 Å². The molecule has 20 heavy (non-hydrogen) atoms. The minimum atomic E-state index is -0.0954. The van der Waals surface area contributed by atoms with E-state index in [-0.39, 0.29) is 11.9 Å². The van der Waals surface area contributed by atoms with Gasteiger partial charge in [0.25, 0.3) is 5.91 Å². The van der Waals surface area contributed by atoms with E-state index in [1.54, 1.807) is 6.07 Å². The Labute approximate surface area is 123 Å². The predicted octanol–water partition coefficient (Wildman–Crippen LogP) is 3.92. The summed E-state index contributed by atoms with van der Waals surface area (Å²) in [4.78, 5) is 14.5. The SMILES string of the molecule is Cc1oc(C(=O)N2c3ccccc3CC2C)cc1CCl. The summed E-state index contributed by atoms with van der Waals surface area (Å²) >= 11 is 5.83. The second kappa shape index (κ2) is 4.98. The quantitative estimate of drug-likeness (QED) is 0.785. The van der Waals surface area contributed by atoms with Gasteiger partial charge >= 0.3 is 0 Å². The number of para-hydroxylation sites is 1. The molecule has 0 saturated carbocycles. The highest BCUT2D eigenvalue weighted by atomic mass is 35.5. The molecule has 1 aliphatic rings. The number of hydrogen-bond acceptors (Lipinski definition) is 2. The molecule has 1 aliphatic heterocycles. The van der Waals surface area contributed by atoms with Crippen LogP contribution in [0.3, 0.4) is 0 Å². The number of hydrogen-bond donors (Lipinski definition) is 0. The molecular formula is C16H16ClNO2. The third-order valence-corrected chi connectivity index (χ3v) is 4.09. The van der Waals surface area contributed by atoms with Gasteiger partial charge in [0.05, 0.1) is 5.88 Å². The molecule has 1 aromatic carbocycles. The Morgan fingerprint density at radius 1 is 1.45 bits per heavy atom. The number of carbonyl (C=O) groups is 1. The van der Waals surface area contributed by atoms with Crippen LogP contribution in [0.4, 0.5) is 5.69 Å². The molecule has 0 aliphatic carbocycles. The largest absolute Gasteiger partial charge is 0.456 e. The lowest BCUT2D eigenvalue weighted by Crippen LogP contribution is -2.35. The van der Waals surface area contributed by atoms with Crippen molar-refractivity contribution >= 4 is 23.2 Å². The fourth-order valence-electron chi connectivity index (χ4n) is 2.75. The molecule has 3 rings (SSSR count). The number of fused-ring (bicyclic) bond motifs is 1. The summed E-state index contributed by atoms with van der Waals surface area (Å²) in [6, 6.07) is 9.89. The van der Waals surface area contributed by atoms with Crippen LogP contribution in [0.1, 0.15) is 34.4 Å². The smallest absolute Gasteiger partial charge is 0.294 e. The van der Waals surface area contributed by atoms with Crippen LogP contribution in [-0.4, -0.2) is 11.9 Å². The lowest BCUT2D eigenvalue weighted by molar-refractivity contribution is 0.0953. The van der Waals surface area contributed by atoms with Crippen molar-refractivity contribution in [3.63, 3.8) is 0 Å². The van der Waals surface area contributed by atoms with Gasteiger partial charge < -0.3 is 9.32 Å². The first kappa shape index (κ1) is 13.3. The van der Waals surface area contributed by atoms with Gasteiger partial charge in [0.1, 0.15) is 5.76 Å². The number of anilines is 1. The van der Waals surface area contributed by atoms with Crippen LogP contribution in [0.15, 0.2) is 34.7 Å². The first-order valence-corrected chi connectivity index (χ1v) is 7.22. The van der Waals surface area contributed by atoms with Crippen LogP contribution in [0, 0.1) is 6.92 Å². The van der Waals surface area contributed by atoms with E-state index in [0.717, 1.165) is 17.7 Å². The number of benzene rings is 1. The van der Waals surface area contributed by atoms with Crippen LogP contribution in [0.2, 0.25) is 0 Å². The second-order valence-electron chi connectivity index (χ2n) is 5.18. The first-order chi connectivity index (χ1) is 9.61. The van der Waals surface area contributed by atoms with E-state index in [9.17, 15) is 4.79 Å². The molecule has 0 fully saturated rings. The van der Waals surface area contributed by atoms with Crippen molar-refractivity contribution in [3.8, 4) is 0 Å². The Balaban J connectivity index is 1.98. The highest BCUT2D eigenvalue weighted by Gasteiger charge is 2.32. The average Bonchev–Trinajstić information content (AvgIpc) is 2.97. The van der Waals surface area contributed by atoms with Crippen LogP contribution in [0.5, 0.6) is 0 Å². The fraction of sp³-hybridized carbons (Fsp3) is 0.312. The van der Waals surface area contributed by atoms with E-state index in [1.165, 1.54) is 5.56 Å². The summed E-state index contributed by atoms with van der Waals surface area (Å²) in [6.07, 6.45) is 0.879. The molecule has 0 bridgehead atoms. The zero-order valence-corrected chi connectivity index (χ0v) is 12.3. The van der Waals surface area contributed by atoms with E-state index in [0.29, 0.717) is 17.4 Å². The molecule has 104 valence electrons. The first-order valence-electron chi connectivity index (χ1n) is 6.68. The van der Waals surface area contributed by atoms with Gasteiger partial charge in [-0.25, -0.2) is 0 Å². The van der Waals surface area contributed by atoms with Crippen molar-refractivity contribution < 1.29 is 9.21 Å². The average molecular weight is 290 g/mol. The number of amides is 1. The van der Waals surface area contributed by atoms with E-state index in [2.05, 4.69) is 13.0 Å². The zero-order chi connectivity index (χ0) is 14.3. The van der Waals surface area contributed by atoms with Crippen LogP contribution in [0.25, 0.3) is 0 Å². The number of furan rings is 1. The summed E-state index contributed by atoms with van der Waals surface area (Å²) in [5, 5.41) is 0. The number of halogens is 1. The van der Waals surface area contributed by atoms with Crippen molar-refractivity contribution in [3.05, 3.63) is 53.0 Å². The van der Waals surface area contributed by atoms with Gasteiger partial charge in [0.2, 0.25) is 0 Å². The summed E-state index contributed by atoms with van der Waals surface area (Å²) in [7, 11) is 0. The van der Waals surface area contributed by atoms with Gasteiger partial charge in [-0.1, -0.05) is 18.2 Å². The minimum absolute atomic E-state index is 0.0954. The minimum Gasteiger partial charge on any atom is -0.456 e. The van der Waals surface area contributed by atoms with Gasteiger partial charge in [0, 0.05) is 17.3 Å². The number of rotatable bonds is 2. The van der Waals surface area contributed by atoms with E-state index in [1.807, 2.05) is 30.0 Å². The molecule has 4 heteroatoms. The monoisotopic (exact) mass is 289 g/mol. The van der Waals surface area contributed by atoms with Gasteiger partial charge in [-0.2, -0.15) is 0 Å². The number of nitrogens with zero attached hydrogens (tertiary/aromatic N) is 1. The summed E-state index contributed by atoms with van der Waals surface area (Å²) in [5.74, 6) is 1.33. The van der Waals surface area contributed by atoms with E-state index >= 15 is 0 Å². The molecule has 2 heterocycles. The standard InChI is InChI=1S/C16H16ClNO2/c1-10-7-12-5-3-4-6-14(12)18(10)16(19)15-8-13(9-17)11(2)20-15/h3-6,8,10H,7,9H2,1-2H3. The Hall–Kier alpha value is -1.74. The molecule has 1 atom stereocenters. The second-order valence-corrected chi connectivity index (χ2v) is 5.45. The van der Waals surface area contributed by atoms with Gasteiger partial charge in [0.15, 0.2) is 5.76 Å². The molecule has 3 nitrogen and oxygen atoms in total. The zero-order valence-electron chi connectivity index (χ0n) is 11.5. The highest BCUT2D eigenvalue weighted by Crippen LogP contribution is 2.33. The number of aryl methyl sites for hydroxylation is 1. The Morgan fingerprint density at radius 3 is 2.90 bits per heavy atom. The molecule has 0 saturated heterocycles. The molecule has 1 amide bonds. The topological polar surface area (TPSA) is 33.5 Å². The van der Waals surface area contributed by atoms with Crippen molar-refractivity contribution in [1.29, 1.82) is 0 Å². The normalized spacial score (nSPS) is 17.4. The van der Waals surface area contributed by atoms with Gasteiger partial charge in [-0.05, 0) is 38.0 Å². The Bertz CT molecular complexity index is 662.